The van der Waals surface area contributed by atoms with Gasteiger partial charge in [0.25, 0.3) is 5.56 Å². The largest absolute Gasteiger partial charge is 0.493 e. The zero-order chi connectivity index (χ0) is 14.5. The first-order valence-electron chi connectivity index (χ1n) is 6.52. The molecule has 4 nitrogen and oxygen atoms in total. The van der Waals surface area contributed by atoms with Crippen LogP contribution in [-0.4, -0.2) is 17.9 Å². The summed E-state index contributed by atoms with van der Waals surface area (Å²) in [6.45, 7) is 4.81. The van der Waals surface area contributed by atoms with E-state index in [9.17, 15) is 9.59 Å². The summed E-state index contributed by atoms with van der Waals surface area (Å²) in [4.78, 5) is 25.0. The van der Waals surface area contributed by atoms with E-state index in [1.54, 1.807) is 6.07 Å². The highest BCUT2D eigenvalue weighted by Gasteiger charge is 2.04. The molecule has 0 saturated carbocycles. The molecule has 0 fully saturated rings. The van der Waals surface area contributed by atoms with Crippen LogP contribution in [0.2, 0.25) is 0 Å². The van der Waals surface area contributed by atoms with Crippen molar-refractivity contribution in [2.45, 2.75) is 13.8 Å². The van der Waals surface area contributed by atoms with Crippen molar-refractivity contribution in [3.8, 4) is 17.0 Å². The van der Waals surface area contributed by atoms with E-state index in [1.807, 2.05) is 24.3 Å². The van der Waals surface area contributed by atoms with E-state index in [1.165, 1.54) is 6.07 Å². The number of benzene rings is 1. The molecule has 0 aliphatic carbocycles. The molecule has 0 amide bonds. The van der Waals surface area contributed by atoms with Crippen LogP contribution in [0.1, 0.15) is 24.2 Å². The van der Waals surface area contributed by atoms with E-state index >= 15 is 0 Å². The highest BCUT2D eigenvalue weighted by Crippen LogP contribution is 2.22. The summed E-state index contributed by atoms with van der Waals surface area (Å²) in [6.07, 6.45) is 0.546. The van der Waals surface area contributed by atoms with Gasteiger partial charge in [0, 0.05) is 11.3 Å². The number of H-pyrrole nitrogens is 1. The van der Waals surface area contributed by atoms with Gasteiger partial charge in [-0.2, -0.15) is 0 Å². The second kappa shape index (κ2) is 6.19. The first-order chi connectivity index (χ1) is 9.60. The zero-order valence-electron chi connectivity index (χ0n) is 11.6. The highest BCUT2D eigenvalue weighted by molar-refractivity contribution is 5.75. The lowest BCUT2D eigenvalue weighted by molar-refractivity contribution is 0.112. The Morgan fingerprint density at radius 3 is 2.70 bits per heavy atom. The second-order valence-corrected chi connectivity index (χ2v) is 5.01. The molecule has 2 rings (SSSR count). The van der Waals surface area contributed by atoms with E-state index in [0.717, 1.165) is 11.3 Å². The van der Waals surface area contributed by atoms with Gasteiger partial charge in [0.2, 0.25) is 0 Å². The lowest BCUT2D eigenvalue weighted by Gasteiger charge is -2.10. The van der Waals surface area contributed by atoms with Crippen LogP contribution in [0, 0.1) is 5.92 Å². The van der Waals surface area contributed by atoms with Crippen molar-refractivity contribution < 1.29 is 9.53 Å². The van der Waals surface area contributed by atoms with Crippen LogP contribution in [0.3, 0.4) is 0 Å². The maximum absolute atomic E-state index is 11.6. The van der Waals surface area contributed by atoms with E-state index in [2.05, 4.69) is 18.8 Å². The van der Waals surface area contributed by atoms with Gasteiger partial charge >= 0.3 is 0 Å². The second-order valence-electron chi connectivity index (χ2n) is 5.01. The van der Waals surface area contributed by atoms with Crippen LogP contribution in [-0.2, 0) is 0 Å². The minimum absolute atomic E-state index is 0.126. The Morgan fingerprint density at radius 2 is 2.05 bits per heavy atom. The molecule has 2 aromatic rings. The van der Waals surface area contributed by atoms with Gasteiger partial charge in [0.05, 0.1) is 12.2 Å². The molecule has 0 atom stereocenters. The Balaban J connectivity index is 2.28. The topological polar surface area (TPSA) is 59.2 Å². The number of ether oxygens (including phenoxy) is 1. The Bertz CT molecular complexity index is 659. The van der Waals surface area contributed by atoms with Crippen molar-refractivity contribution >= 4 is 6.29 Å². The third kappa shape index (κ3) is 3.35. The van der Waals surface area contributed by atoms with E-state index in [0.29, 0.717) is 24.5 Å². The fourth-order valence-electron chi connectivity index (χ4n) is 1.76. The molecular weight excluding hydrogens is 254 g/mol. The Kier molecular flexibility index (Phi) is 4.35. The summed E-state index contributed by atoms with van der Waals surface area (Å²) in [6, 6.07) is 10.7. The minimum Gasteiger partial charge on any atom is -0.493 e. The van der Waals surface area contributed by atoms with Crippen molar-refractivity contribution in [2.24, 2.45) is 5.92 Å². The van der Waals surface area contributed by atoms with Gasteiger partial charge in [0.1, 0.15) is 5.75 Å². The molecular formula is C16H17NO3. The van der Waals surface area contributed by atoms with Gasteiger partial charge in [-0.25, -0.2) is 0 Å². The van der Waals surface area contributed by atoms with Gasteiger partial charge in [-0.05, 0) is 30.2 Å². The number of aldehydes is 1. The molecule has 4 heteroatoms. The molecule has 1 aromatic carbocycles. The summed E-state index contributed by atoms with van der Waals surface area (Å²) in [5.74, 6) is 1.21. The van der Waals surface area contributed by atoms with Crippen LogP contribution in [0.4, 0.5) is 0 Å². The molecule has 0 radical (unpaired) electrons. The maximum atomic E-state index is 11.6. The minimum atomic E-state index is -0.383. The SMILES string of the molecule is CC(C)COc1cccc(-c2ccc(C=O)c(=O)[nH]2)c1. The molecule has 0 unspecified atom stereocenters. The van der Waals surface area contributed by atoms with Gasteiger partial charge in [0.15, 0.2) is 6.29 Å². The predicted molar refractivity (Wildman–Crippen MR) is 78.2 cm³/mol. The number of rotatable bonds is 5. The van der Waals surface area contributed by atoms with Crippen molar-refractivity contribution in [1.82, 2.24) is 4.98 Å². The molecule has 20 heavy (non-hydrogen) atoms. The summed E-state index contributed by atoms with van der Waals surface area (Å²) < 4.78 is 5.66. The molecule has 1 N–H and O–H groups in total. The number of aromatic amines is 1. The normalized spacial score (nSPS) is 10.6. The first kappa shape index (κ1) is 14.1. The number of carbonyl (C=O) groups excluding carboxylic acids is 1. The summed E-state index contributed by atoms with van der Waals surface area (Å²) >= 11 is 0. The summed E-state index contributed by atoms with van der Waals surface area (Å²) in [5, 5.41) is 0. The number of nitrogens with one attached hydrogen (secondary N) is 1. The van der Waals surface area contributed by atoms with Crippen LogP contribution in [0.15, 0.2) is 41.2 Å². The standard InChI is InChI=1S/C16H17NO3/c1-11(2)10-20-14-5-3-4-12(8-14)15-7-6-13(9-18)16(19)17-15/h3-9,11H,10H2,1-2H3,(H,17,19). The smallest absolute Gasteiger partial charge is 0.258 e. The van der Waals surface area contributed by atoms with E-state index in [4.69, 9.17) is 4.74 Å². The van der Waals surface area contributed by atoms with Crippen LogP contribution in [0.25, 0.3) is 11.3 Å². The number of hydrogen-bond donors (Lipinski definition) is 1. The van der Waals surface area contributed by atoms with E-state index < -0.39 is 0 Å². The number of carbonyl (C=O) groups is 1. The number of hydrogen-bond acceptors (Lipinski definition) is 3. The zero-order valence-corrected chi connectivity index (χ0v) is 11.6. The average Bonchev–Trinajstić information content (AvgIpc) is 2.45. The van der Waals surface area contributed by atoms with Crippen LogP contribution in [0.5, 0.6) is 5.75 Å². The van der Waals surface area contributed by atoms with E-state index in [-0.39, 0.29) is 11.1 Å². The first-order valence-corrected chi connectivity index (χ1v) is 6.52. The molecule has 0 aliphatic rings. The molecule has 0 aliphatic heterocycles. The quantitative estimate of drug-likeness (QED) is 0.851. The third-order valence-electron chi connectivity index (χ3n) is 2.80. The monoisotopic (exact) mass is 271 g/mol. The molecule has 0 saturated heterocycles. The molecule has 0 spiro atoms. The fourth-order valence-corrected chi connectivity index (χ4v) is 1.76. The molecule has 1 heterocycles. The Labute approximate surface area is 117 Å². The average molecular weight is 271 g/mol. The Morgan fingerprint density at radius 1 is 1.25 bits per heavy atom. The number of aromatic nitrogens is 1. The van der Waals surface area contributed by atoms with Crippen LogP contribution >= 0.6 is 0 Å². The highest BCUT2D eigenvalue weighted by atomic mass is 16.5. The summed E-state index contributed by atoms with van der Waals surface area (Å²) in [5.41, 5.74) is 1.25. The van der Waals surface area contributed by atoms with Gasteiger partial charge in [-0.3, -0.25) is 9.59 Å². The van der Waals surface area contributed by atoms with Crippen molar-refractivity contribution in [3.05, 3.63) is 52.3 Å². The fraction of sp³-hybridized carbons (Fsp3) is 0.250. The molecule has 0 bridgehead atoms. The predicted octanol–water partition coefficient (Wildman–Crippen LogP) is 2.89. The summed E-state index contributed by atoms with van der Waals surface area (Å²) in [7, 11) is 0. The maximum Gasteiger partial charge on any atom is 0.258 e. The van der Waals surface area contributed by atoms with Crippen molar-refractivity contribution in [2.75, 3.05) is 6.61 Å². The Hall–Kier alpha value is -2.36. The molecule has 1 aromatic heterocycles. The van der Waals surface area contributed by atoms with Gasteiger partial charge < -0.3 is 9.72 Å². The third-order valence-corrected chi connectivity index (χ3v) is 2.80. The van der Waals surface area contributed by atoms with Crippen LogP contribution < -0.4 is 10.3 Å². The van der Waals surface area contributed by atoms with Crippen molar-refractivity contribution in [1.29, 1.82) is 0 Å². The lowest BCUT2D eigenvalue weighted by atomic mass is 10.1. The number of pyridine rings is 1. The lowest BCUT2D eigenvalue weighted by Crippen LogP contribution is -2.11. The van der Waals surface area contributed by atoms with Gasteiger partial charge in [-0.15, -0.1) is 0 Å². The van der Waals surface area contributed by atoms with Gasteiger partial charge in [-0.1, -0.05) is 26.0 Å². The molecule has 104 valence electrons. The van der Waals surface area contributed by atoms with Crippen molar-refractivity contribution in [3.63, 3.8) is 0 Å².